The molecule has 0 bridgehead atoms. The van der Waals surface area contributed by atoms with Gasteiger partial charge in [-0.2, -0.15) is 0 Å². The number of carbonyl (C=O) groups is 2. The van der Waals surface area contributed by atoms with Crippen LogP contribution < -0.4 is 9.80 Å². The van der Waals surface area contributed by atoms with Crippen molar-refractivity contribution in [1.82, 2.24) is 4.90 Å². The minimum Gasteiger partial charge on any atom is -0.378 e. The molecule has 2 aliphatic heterocycles. The highest BCUT2D eigenvalue weighted by molar-refractivity contribution is 6.45. The second kappa shape index (κ2) is 8.19. The second-order valence-corrected chi connectivity index (χ2v) is 7.48. The van der Waals surface area contributed by atoms with Crippen LogP contribution in [0.1, 0.15) is 5.56 Å². The molecule has 0 atom stereocenters. The molecule has 2 amide bonds. The minimum atomic E-state index is -0.499. The SMILES string of the molecule is CN(C)c1ccc(N2C(=O)C(c3ccc([N+](=O)[O-])cc3)=C(N3CCOCC3)C2=O)cc1. The Labute approximate surface area is 179 Å². The van der Waals surface area contributed by atoms with Crippen LogP contribution in [-0.2, 0) is 14.3 Å². The summed E-state index contributed by atoms with van der Waals surface area (Å²) in [6.45, 7) is 1.88. The summed E-state index contributed by atoms with van der Waals surface area (Å²) in [5, 5.41) is 11.0. The molecule has 9 heteroatoms. The maximum atomic E-state index is 13.5. The Morgan fingerprint density at radius 3 is 2.10 bits per heavy atom. The van der Waals surface area contributed by atoms with E-state index >= 15 is 0 Å². The summed E-state index contributed by atoms with van der Waals surface area (Å²) in [4.78, 5) is 42.4. The second-order valence-electron chi connectivity index (χ2n) is 7.48. The van der Waals surface area contributed by atoms with E-state index in [1.807, 2.05) is 36.0 Å². The highest BCUT2D eigenvalue weighted by Crippen LogP contribution is 2.36. The third kappa shape index (κ3) is 3.75. The van der Waals surface area contributed by atoms with Crippen LogP contribution in [-0.4, -0.2) is 62.0 Å². The van der Waals surface area contributed by atoms with E-state index in [4.69, 9.17) is 4.74 Å². The minimum absolute atomic E-state index is 0.0785. The first-order valence-corrected chi connectivity index (χ1v) is 9.86. The number of amides is 2. The van der Waals surface area contributed by atoms with Crippen molar-refractivity contribution >= 4 is 34.4 Å². The molecule has 9 nitrogen and oxygen atoms in total. The summed E-state index contributed by atoms with van der Waals surface area (Å²) in [7, 11) is 3.82. The van der Waals surface area contributed by atoms with Crippen molar-refractivity contribution in [3.63, 3.8) is 0 Å². The number of nitrogens with zero attached hydrogens (tertiary/aromatic N) is 4. The third-order valence-electron chi connectivity index (χ3n) is 5.38. The van der Waals surface area contributed by atoms with Crippen LogP contribution in [0.4, 0.5) is 17.1 Å². The Morgan fingerprint density at radius 1 is 0.935 bits per heavy atom. The largest absolute Gasteiger partial charge is 0.378 e. The average Bonchev–Trinajstić information content (AvgIpc) is 3.04. The fraction of sp³-hybridized carbons (Fsp3) is 0.273. The molecule has 0 aromatic heterocycles. The van der Waals surface area contributed by atoms with Crippen LogP contribution in [0.2, 0.25) is 0 Å². The van der Waals surface area contributed by atoms with Gasteiger partial charge in [-0.15, -0.1) is 0 Å². The number of hydrogen-bond donors (Lipinski definition) is 0. The fourth-order valence-electron chi connectivity index (χ4n) is 3.74. The lowest BCUT2D eigenvalue weighted by molar-refractivity contribution is -0.384. The number of carbonyl (C=O) groups excluding carboxylic acids is 2. The molecule has 2 heterocycles. The summed E-state index contributed by atoms with van der Waals surface area (Å²) >= 11 is 0. The lowest BCUT2D eigenvalue weighted by Gasteiger charge is -2.29. The Kier molecular flexibility index (Phi) is 5.43. The number of hydrogen-bond acceptors (Lipinski definition) is 7. The Morgan fingerprint density at radius 2 is 1.55 bits per heavy atom. The van der Waals surface area contributed by atoms with E-state index in [1.54, 1.807) is 12.1 Å². The standard InChI is InChI=1S/C22H22N4O5/c1-23(2)16-7-9-17(10-8-16)25-21(27)19(15-3-5-18(6-4-15)26(29)30)20(22(25)28)24-11-13-31-14-12-24/h3-10H,11-14H2,1-2H3. The predicted molar refractivity (Wildman–Crippen MR) is 116 cm³/mol. The predicted octanol–water partition coefficient (Wildman–Crippen LogP) is 2.28. The maximum Gasteiger partial charge on any atom is 0.282 e. The van der Waals surface area contributed by atoms with Gasteiger partial charge in [0.2, 0.25) is 0 Å². The Hall–Kier alpha value is -3.72. The van der Waals surface area contributed by atoms with Crippen molar-refractivity contribution < 1.29 is 19.2 Å². The van der Waals surface area contributed by atoms with Crippen molar-refractivity contribution in [3.05, 3.63) is 69.9 Å². The van der Waals surface area contributed by atoms with Crippen molar-refractivity contribution in [1.29, 1.82) is 0 Å². The van der Waals surface area contributed by atoms with Gasteiger partial charge >= 0.3 is 0 Å². The molecule has 2 aromatic carbocycles. The number of morpholine rings is 1. The van der Waals surface area contributed by atoms with Gasteiger partial charge in [-0.1, -0.05) is 0 Å². The number of benzene rings is 2. The van der Waals surface area contributed by atoms with Gasteiger partial charge in [-0.3, -0.25) is 19.7 Å². The van der Waals surface area contributed by atoms with Crippen molar-refractivity contribution in [3.8, 4) is 0 Å². The number of nitro groups is 1. The average molecular weight is 422 g/mol. The first-order valence-electron chi connectivity index (χ1n) is 9.86. The van der Waals surface area contributed by atoms with Crippen LogP contribution in [0.3, 0.4) is 0 Å². The van der Waals surface area contributed by atoms with Crippen LogP contribution >= 0.6 is 0 Å². The maximum absolute atomic E-state index is 13.5. The van der Waals surface area contributed by atoms with Crippen LogP contribution in [0.15, 0.2) is 54.2 Å². The number of ether oxygens (including phenoxy) is 1. The molecule has 4 rings (SSSR count). The van der Waals surface area contributed by atoms with Gasteiger partial charge in [0.15, 0.2) is 0 Å². The molecule has 0 unspecified atom stereocenters. The summed E-state index contributed by atoms with van der Waals surface area (Å²) in [6.07, 6.45) is 0. The fourth-order valence-corrected chi connectivity index (χ4v) is 3.74. The van der Waals surface area contributed by atoms with E-state index in [0.29, 0.717) is 43.3 Å². The number of anilines is 2. The summed E-state index contributed by atoms with van der Waals surface area (Å²) in [5.74, 6) is -0.851. The Bertz CT molecular complexity index is 1050. The van der Waals surface area contributed by atoms with Gasteiger partial charge in [0, 0.05) is 45.0 Å². The summed E-state index contributed by atoms with van der Waals surface area (Å²) < 4.78 is 5.40. The molecule has 160 valence electrons. The first-order chi connectivity index (χ1) is 14.9. The van der Waals surface area contributed by atoms with Gasteiger partial charge in [0.05, 0.1) is 29.4 Å². The zero-order valence-electron chi connectivity index (χ0n) is 17.3. The van der Waals surface area contributed by atoms with Crippen molar-refractivity contribution in [2.45, 2.75) is 0 Å². The molecule has 2 aromatic rings. The van der Waals surface area contributed by atoms with Crippen molar-refractivity contribution in [2.75, 3.05) is 50.2 Å². The molecule has 0 radical (unpaired) electrons. The normalized spacial score (nSPS) is 16.8. The third-order valence-corrected chi connectivity index (χ3v) is 5.38. The smallest absolute Gasteiger partial charge is 0.282 e. The number of nitro benzene ring substituents is 1. The highest BCUT2D eigenvalue weighted by atomic mass is 16.6. The van der Waals surface area contributed by atoms with Gasteiger partial charge in [0.1, 0.15) is 5.70 Å². The molecule has 0 aliphatic carbocycles. The quantitative estimate of drug-likeness (QED) is 0.414. The molecule has 31 heavy (non-hydrogen) atoms. The lowest BCUT2D eigenvalue weighted by Crippen LogP contribution is -2.40. The van der Waals surface area contributed by atoms with E-state index in [9.17, 15) is 19.7 Å². The molecule has 0 N–H and O–H groups in total. The van der Waals surface area contributed by atoms with Gasteiger partial charge in [0.25, 0.3) is 17.5 Å². The van der Waals surface area contributed by atoms with E-state index in [2.05, 4.69) is 0 Å². The van der Waals surface area contributed by atoms with E-state index in [0.717, 1.165) is 5.69 Å². The van der Waals surface area contributed by atoms with Crippen molar-refractivity contribution in [2.24, 2.45) is 0 Å². The molecule has 0 spiro atoms. The molecule has 1 fully saturated rings. The molecule has 0 saturated carbocycles. The highest BCUT2D eigenvalue weighted by Gasteiger charge is 2.42. The topological polar surface area (TPSA) is 96.2 Å². The zero-order chi connectivity index (χ0) is 22.1. The number of non-ortho nitro benzene ring substituents is 1. The Balaban J connectivity index is 1.77. The number of imide groups is 1. The van der Waals surface area contributed by atoms with Crippen LogP contribution in [0.5, 0.6) is 0 Å². The summed E-state index contributed by atoms with van der Waals surface area (Å²) in [5.41, 5.74) is 2.36. The van der Waals surface area contributed by atoms with Gasteiger partial charge in [-0.05, 0) is 42.0 Å². The number of rotatable bonds is 5. The zero-order valence-corrected chi connectivity index (χ0v) is 17.3. The summed E-state index contributed by atoms with van der Waals surface area (Å²) in [6, 6.07) is 12.9. The van der Waals surface area contributed by atoms with Gasteiger partial charge < -0.3 is 14.5 Å². The van der Waals surface area contributed by atoms with Crippen LogP contribution in [0, 0.1) is 10.1 Å². The lowest BCUT2D eigenvalue weighted by atomic mass is 10.0. The van der Waals surface area contributed by atoms with Gasteiger partial charge in [-0.25, -0.2) is 4.90 Å². The molecular formula is C22H22N4O5. The van der Waals surface area contributed by atoms with E-state index < -0.39 is 16.7 Å². The molecular weight excluding hydrogens is 400 g/mol. The van der Waals surface area contributed by atoms with Crippen LogP contribution in [0.25, 0.3) is 5.57 Å². The molecule has 1 saturated heterocycles. The van der Waals surface area contributed by atoms with E-state index in [-0.39, 0.29) is 11.3 Å². The van der Waals surface area contributed by atoms with E-state index in [1.165, 1.54) is 29.2 Å². The first kappa shape index (κ1) is 20.5. The monoisotopic (exact) mass is 422 g/mol. The molecule has 2 aliphatic rings.